The Morgan fingerprint density at radius 2 is 1.68 bits per heavy atom. The molecule has 3 N–H and O–H groups in total. The van der Waals surface area contributed by atoms with Gasteiger partial charge in [-0.25, -0.2) is 4.98 Å². The first-order valence-corrected chi connectivity index (χ1v) is 11.5. The molecule has 1 aromatic heterocycles. The molecule has 0 unspecified atom stereocenters. The summed E-state index contributed by atoms with van der Waals surface area (Å²) >= 11 is 1.78. The summed E-state index contributed by atoms with van der Waals surface area (Å²) in [6.07, 6.45) is 2.90. The molecule has 0 radical (unpaired) electrons. The molecule has 6 heteroatoms. The van der Waals surface area contributed by atoms with E-state index in [0.717, 1.165) is 41.3 Å². The lowest BCUT2D eigenvalue weighted by Crippen LogP contribution is -2.13. The minimum atomic E-state index is 0.0281. The van der Waals surface area contributed by atoms with Gasteiger partial charge in [-0.3, -0.25) is 5.41 Å². The van der Waals surface area contributed by atoms with Crippen molar-refractivity contribution in [1.82, 2.24) is 4.98 Å². The molecule has 0 aliphatic heterocycles. The van der Waals surface area contributed by atoms with Gasteiger partial charge in [0.05, 0.1) is 29.5 Å². The summed E-state index contributed by atoms with van der Waals surface area (Å²) in [7, 11) is 0. The maximum absolute atomic E-state index is 7.60. The van der Waals surface area contributed by atoms with Crippen molar-refractivity contribution < 1.29 is 9.47 Å². The van der Waals surface area contributed by atoms with Gasteiger partial charge in [0.1, 0.15) is 17.3 Å². The maximum Gasteiger partial charge on any atom is 0.130 e. The van der Waals surface area contributed by atoms with Crippen molar-refractivity contribution in [2.75, 3.05) is 13.2 Å². The summed E-state index contributed by atoms with van der Waals surface area (Å²) < 4.78 is 11.7. The fourth-order valence-electron chi connectivity index (χ4n) is 3.32. The van der Waals surface area contributed by atoms with Crippen LogP contribution in [0.15, 0.2) is 48.5 Å². The smallest absolute Gasteiger partial charge is 0.130 e. The summed E-state index contributed by atoms with van der Waals surface area (Å²) in [4.78, 5) is 6.05. The number of nitrogen functional groups attached to an aromatic ring is 1. The molecule has 0 amide bonds. The van der Waals surface area contributed by atoms with E-state index in [2.05, 4.69) is 32.9 Å². The average Bonchev–Trinajstić information content (AvgIpc) is 3.16. The maximum atomic E-state index is 7.60. The lowest BCUT2D eigenvalue weighted by molar-refractivity contribution is 0.279. The molecule has 31 heavy (non-hydrogen) atoms. The predicted molar refractivity (Wildman–Crippen MR) is 129 cm³/mol. The van der Waals surface area contributed by atoms with Crippen molar-refractivity contribution >= 4 is 17.2 Å². The highest BCUT2D eigenvalue weighted by Crippen LogP contribution is 2.34. The van der Waals surface area contributed by atoms with E-state index >= 15 is 0 Å². The highest BCUT2D eigenvalue weighted by molar-refractivity contribution is 7.12. The number of benzene rings is 2. The molecule has 1 heterocycles. The first-order chi connectivity index (χ1) is 15.0. The second kappa shape index (κ2) is 11.0. The zero-order valence-electron chi connectivity index (χ0n) is 18.5. The van der Waals surface area contributed by atoms with Crippen LogP contribution in [-0.2, 0) is 0 Å². The molecular formula is C25H31N3O2S. The first kappa shape index (κ1) is 22.8. The number of nitrogens with two attached hydrogens (primary N) is 1. The molecule has 0 spiro atoms. The quantitative estimate of drug-likeness (QED) is 0.214. The molecule has 0 fully saturated rings. The van der Waals surface area contributed by atoms with Crippen LogP contribution in [-0.4, -0.2) is 24.0 Å². The van der Waals surface area contributed by atoms with Crippen LogP contribution < -0.4 is 15.2 Å². The highest BCUT2D eigenvalue weighted by atomic mass is 32.1. The fourth-order valence-corrected chi connectivity index (χ4v) is 4.27. The van der Waals surface area contributed by atoms with Gasteiger partial charge >= 0.3 is 0 Å². The Morgan fingerprint density at radius 1 is 1.00 bits per heavy atom. The van der Waals surface area contributed by atoms with Crippen molar-refractivity contribution in [2.45, 2.75) is 46.0 Å². The molecule has 0 aliphatic carbocycles. The third kappa shape index (κ3) is 6.31. The summed E-state index contributed by atoms with van der Waals surface area (Å²) in [5.74, 6) is 2.05. The third-order valence-electron chi connectivity index (χ3n) is 4.90. The Hall–Kier alpha value is -2.86. The molecule has 2 aromatic carbocycles. The Labute approximate surface area is 188 Å². The van der Waals surface area contributed by atoms with Gasteiger partial charge < -0.3 is 15.2 Å². The molecule has 3 aromatic rings. The van der Waals surface area contributed by atoms with Gasteiger partial charge in [-0.15, -0.1) is 11.3 Å². The second-order valence-electron chi connectivity index (χ2n) is 7.79. The molecule has 164 valence electrons. The van der Waals surface area contributed by atoms with Gasteiger partial charge in [-0.2, -0.15) is 0 Å². The monoisotopic (exact) mass is 437 g/mol. The minimum Gasteiger partial charge on any atom is -0.494 e. The van der Waals surface area contributed by atoms with Crippen LogP contribution >= 0.6 is 11.3 Å². The zero-order valence-corrected chi connectivity index (χ0v) is 19.3. The van der Waals surface area contributed by atoms with E-state index in [0.29, 0.717) is 30.4 Å². The fraction of sp³-hybridized carbons (Fsp3) is 0.360. The van der Waals surface area contributed by atoms with Crippen LogP contribution in [0.25, 0.3) is 11.3 Å². The number of aryl methyl sites for hydroxylation is 1. The number of aromatic nitrogens is 1. The summed E-state index contributed by atoms with van der Waals surface area (Å²) in [6, 6.07) is 15.6. The number of hydrogen-bond donors (Lipinski definition) is 2. The molecular weight excluding hydrogens is 406 g/mol. The Kier molecular flexibility index (Phi) is 8.06. The predicted octanol–water partition coefficient (Wildman–Crippen LogP) is 6.15. The summed E-state index contributed by atoms with van der Waals surface area (Å²) in [6.45, 7) is 7.76. The van der Waals surface area contributed by atoms with Crippen LogP contribution in [0.4, 0.5) is 0 Å². The SMILES string of the molecule is Cc1nc(-c2ccc(OCCCCCOc3ccccc3C(=N)N)cc2)c(C(C)C)s1. The van der Waals surface area contributed by atoms with Crippen LogP contribution in [0.3, 0.4) is 0 Å². The lowest BCUT2D eigenvalue weighted by atomic mass is 10.1. The minimum absolute atomic E-state index is 0.0281. The van der Waals surface area contributed by atoms with Gasteiger partial charge in [-0.1, -0.05) is 26.0 Å². The molecule has 5 nitrogen and oxygen atoms in total. The number of unbranched alkanes of at least 4 members (excludes halogenated alkanes) is 2. The number of thiazole rings is 1. The van der Waals surface area contributed by atoms with Crippen molar-refractivity contribution in [2.24, 2.45) is 5.73 Å². The van der Waals surface area contributed by atoms with Crippen molar-refractivity contribution in [1.29, 1.82) is 5.41 Å². The van der Waals surface area contributed by atoms with E-state index in [4.69, 9.17) is 25.6 Å². The van der Waals surface area contributed by atoms with E-state index in [-0.39, 0.29) is 5.84 Å². The molecule has 0 aliphatic rings. The van der Waals surface area contributed by atoms with Crippen molar-refractivity contribution in [3.63, 3.8) is 0 Å². The summed E-state index contributed by atoms with van der Waals surface area (Å²) in [5.41, 5.74) is 8.46. The zero-order chi connectivity index (χ0) is 22.2. The molecule has 0 saturated carbocycles. The Balaban J connectivity index is 1.39. The number of rotatable bonds is 11. The number of nitrogens with zero attached hydrogens (tertiary/aromatic N) is 1. The van der Waals surface area contributed by atoms with Crippen LogP contribution in [0.2, 0.25) is 0 Å². The number of amidine groups is 1. The topological polar surface area (TPSA) is 81.2 Å². The molecule has 0 bridgehead atoms. The molecule has 0 saturated heterocycles. The largest absolute Gasteiger partial charge is 0.494 e. The van der Waals surface area contributed by atoms with Gasteiger partial charge in [0.2, 0.25) is 0 Å². The summed E-state index contributed by atoms with van der Waals surface area (Å²) in [5, 5.41) is 8.70. The van der Waals surface area contributed by atoms with Crippen LogP contribution in [0.5, 0.6) is 11.5 Å². The van der Waals surface area contributed by atoms with Crippen LogP contribution in [0.1, 0.15) is 54.5 Å². The van der Waals surface area contributed by atoms with Gasteiger partial charge in [0.15, 0.2) is 0 Å². The highest BCUT2D eigenvalue weighted by Gasteiger charge is 2.14. The van der Waals surface area contributed by atoms with Crippen LogP contribution in [0, 0.1) is 12.3 Å². The van der Waals surface area contributed by atoms with E-state index in [9.17, 15) is 0 Å². The van der Waals surface area contributed by atoms with E-state index < -0.39 is 0 Å². The van der Waals surface area contributed by atoms with E-state index in [1.807, 2.05) is 30.3 Å². The average molecular weight is 438 g/mol. The first-order valence-electron chi connectivity index (χ1n) is 10.7. The molecule has 0 atom stereocenters. The number of nitrogens with one attached hydrogen (secondary N) is 1. The number of para-hydroxylation sites is 1. The van der Waals surface area contributed by atoms with Gasteiger partial charge in [0, 0.05) is 10.4 Å². The van der Waals surface area contributed by atoms with E-state index in [1.54, 1.807) is 17.4 Å². The third-order valence-corrected chi connectivity index (χ3v) is 6.18. The second-order valence-corrected chi connectivity index (χ2v) is 9.03. The van der Waals surface area contributed by atoms with Gasteiger partial charge in [-0.05, 0) is 68.5 Å². The van der Waals surface area contributed by atoms with Crippen molar-refractivity contribution in [3.8, 4) is 22.8 Å². The lowest BCUT2D eigenvalue weighted by Gasteiger charge is -2.11. The Bertz CT molecular complexity index is 996. The van der Waals surface area contributed by atoms with E-state index in [1.165, 1.54) is 4.88 Å². The number of hydrogen-bond acceptors (Lipinski definition) is 5. The Morgan fingerprint density at radius 3 is 2.35 bits per heavy atom. The standard InChI is InChI=1S/C25H31N3O2S/c1-17(2)24-23(28-18(3)31-24)19-11-13-20(14-12-19)29-15-7-4-8-16-30-22-10-6-5-9-21(22)25(26)27/h5-6,9-14,17H,4,7-8,15-16H2,1-3H3,(H3,26,27). The van der Waals surface area contributed by atoms with Crippen molar-refractivity contribution in [3.05, 3.63) is 64.0 Å². The molecule has 3 rings (SSSR count). The van der Waals surface area contributed by atoms with Gasteiger partial charge in [0.25, 0.3) is 0 Å². The normalized spacial score (nSPS) is 11.0. The number of ether oxygens (including phenoxy) is 2.